The van der Waals surface area contributed by atoms with Crippen molar-refractivity contribution in [3.8, 4) is 0 Å². The second kappa shape index (κ2) is 6.49. The highest BCUT2D eigenvalue weighted by Gasteiger charge is 2.27. The molecule has 0 spiro atoms. The van der Waals surface area contributed by atoms with E-state index in [1.165, 1.54) is 38.9 Å². The number of rotatable bonds is 6. The van der Waals surface area contributed by atoms with Gasteiger partial charge in [-0.1, -0.05) is 27.2 Å². The van der Waals surface area contributed by atoms with E-state index in [9.17, 15) is 0 Å². The number of nitrogens with zero attached hydrogens (tertiary/aromatic N) is 1. The summed E-state index contributed by atoms with van der Waals surface area (Å²) in [5.41, 5.74) is 0. The molecule has 0 aromatic rings. The Balaban J connectivity index is 2.54. The summed E-state index contributed by atoms with van der Waals surface area (Å²) in [5, 5.41) is 3.48. The third kappa shape index (κ3) is 3.46. The van der Waals surface area contributed by atoms with Crippen molar-refractivity contribution in [1.29, 1.82) is 0 Å². The van der Waals surface area contributed by atoms with Gasteiger partial charge in [-0.25, -0.2) is 0 Å². The molecule has 1 aliphatic heterocycles. The Hall–Kier alpha value is -0.0800. The molecular formula is C13H28N2. The second-order valence-corrected chi connectivity index (χ2v) is 5.01. The fourth-order valence-corrected chi connectivity index (χ4v) is 2.57. The van der Waals surface area contributed by atoms with Crippen LogP contribution in [-0.2, 0) is 0 Å². The second-order valence-electron chi connectivity index (χ2n) is 5.01. The predicted molar refractivity (Wildman–Crippen MR) is 67.2 cm³/mol. The van der Waals surface area contributed by atoms with Gasteiger partial charge in [-0.3, -0.25) is 4.90 Å². The Morgan fingerprint density at radius 1 is 1.33 bits per heavy atom. The molecule has 0 aromatic heterocycles. The predicted octanol–water partition coefficient (Wildman–Crippen LogP) is 2.49. The molecular weight excluding hydrogens is 184 g/mol. The van der Waals surface area contributed by atoms with Crippen LogP contribution in [0.2, 0.25) is 0 Å². The van der Waals surface area contributed by atoms with Gasteiger partial charge in [0.1, 0.15) is 0 Å². The quantitative estimate of drug-likeness (QED) is 0.728. The van der Waals surface area contributed by atoms with Crippen molar-refractivity contribution >= 4 is 0 Å². The highest BCUT2D eigenvalue weighted by atomic mass is 15.2. The third-order valence-electron chi connectivity index (χ3n) is 3.98. The highest BCUT2D eigenvalue weighted by molar-refractivity contribution is 4.85. The van der Waals surface area contributed by atoms with Gasteiger partial charge in [-0.05, 0) is 38.8 Å². The van der Waals surface area contributed by atoms with Crippen LogP contribution in [0.15, 0.2) is 0 Å². The van der Waals surface area contributed by atoms with Crippen LogP contribution in [0.4, 0.5) is 0 Å². The first kappa shape index (κ1) is 13.0. The molecule has 1 rings (SSSR count). The lowest BCUT2D eigenvalue weighted by Crippen LogP contribution is -2.46. The van der Waals surface area contributed by atoms with Gasteiger partial charge in [0.15, 0.2) is 0 Å². The minimum absolute atomic E-state index is 0.736. The van der Waals surface area contributed by atoms with E-state index in [1.807, 2.05) is 0 Å². The molecule has 2 heteroatoms. The molecule has 0 aromatic carbocycles. The summed E-state index contributed by atoms with van der Waals surface area (Å²) in [6.07, 6.45) is 3.90. The lowest BCUT2D eigenvalue weighted by Gasteiger charge is -2.37. The molecule has 1 aliphatic rings. The fourth-order valence-electron chi connectivity index (χ4n) is 2.57. The molecule has 0 bridgehead atoms. The SMILES string of the molecule is CCCN(C1CCNC1)C(C)C(C)CC. The minimum Gasteiger partial charge on any atom is -0.315 e. The first-order valence-corrected chi connectivity index (χ1v) is 6.67. The summed E-state index contributed by atoms with van der Waals surface area (Å²) >= 11 is 0. The van der Waals surface area contributed by atoms with Crippen molar-refractivity contribution in [1.82, 2.24) is 10.2 Å². The maximum Gasteiger partial charge on any atom is 0.0235 e. The van der Waals surface area contributed by atoms with Crippen molar-refractivity contribution < 1.29 is 0 Å². The van der Waals surface area contributed by atoms with Crippen LogP contribution in [-0.4, -0.2) is 36.6 Å². The van der Waals surface area contributed by atoms with Gasteiger partial charge >= 0.3 is 0 Å². The maximum atomic E-state index is 3.48. The molecule has 15 heavy (non-hydrogen) atoms. The average Bonchev–Trinajstić information content (AvgIpc) is 2.77. The fraction of sp³-hybridized carbons (Fsp3) is 1.00. The van der Waals surface area contributed by atoms with Crippen LogP contribution in [0, 0.1) is 5.92 Å². The van der Waals surface area contributed by atoms with E-state index in [0.29, 0.717) is 0 Å². The Morgan fingerprint density at radius 3 is 2.53 bits per heavy atom. The van der Waals surface area contributed by atoms with E-state index in [1.54, 1.807) is 0 Å². The lowest BCUT2D eigenvalue weighted by atomic mass is 9.97. The van der Waals surface area contributed by atoms with Gasteiger partial charge in [0.2, 0.25) is 0 Å². The Bertz CT molecular complexity index is 164. The van der Waals surface area contributed by atoms with Gasteiger partial charge in [-0.2, -0.15) is 0 Å². The largest absolute Gasteiger partial charge is 0.315 e. The maximum absolute atomic E-state index is 3.48. The van der Waals surface area contributed by atoms with Crippen molar-refractivity contribution in [3.05, 3.63) is 0 Å². The molecule has 2 nitrogen and oxygen atoms in total. The monoisotopic (exact) mass is 212 g/mol. The van der Waals surface area contributed by atoms with Gasteiger partial charge in [0, 0.05) is 18.6 Å². The normalized spacial score (nSPS) is 25.8. The van der Waals surface area contributed by atoms with E-state index in [0.717, 1.165) is 18.0 Å². The van der Waals surface area contributed by atoms with E-state index >= 15 is 0 Å². The highest BCUT2D eigenvalue weighted by Crippen LogP contribution is 2.20. The molecule has 0 amide bonds. The van der Waals surface area contributed by atoms with Crippen LogP contribution < -0.4 is 5.32 Å². The lowest BCUT2D eigenvalue weighted by molar-refractivity contribution is 0.114. The summed E-state index contributed by atoms with van der Waals surface area (Å²) in [4.78, 5) is 2.73. The first-order valence-electron chi connectivity index (χ1n) is 6.67. The topological polar surface area (TPSA) is 15.3 Å². The summed E-state index contributed by atoms with van der Waals surface area (Å²) in [6.45, 7) is 13.0. The number of hydrogen-bond donors (Lipinski definition) is 1. The summed E-state index contributed by atoms with van der Waals surface area (Å²) in [5.74, 6) is 0.817. The zero-order chi connectivity index (χ0) is 11.3. The van der Waals surface area contributed by atoms with Crippen LogP contribution in [0.5, 0.6) is 0 Å². The third-order valence-corrected chi connectivity index (χ3v) is 3.98. The standard InChI is InChI=1S/C13H28N2/c1-5-9-15(12(4)11(3)6-2)13-7-8-14-10-13/h11-14H,5-10H2,1-4H3. The van der Waals surface area contributed by atoms with Crippen molar-refractivity contribution in [2.24, 2.45) is 5.92 Å². The van der Waals surface area contributed by atoms with Crippen LogP contribution >= 0.6 is 0 Å². The van der Waals surface area contributed by atoms with E-state index < -0.39 is 0 Å². The van der Waals surface area contributed by atoms with Gasteiger partial charge < -0.3 is 5.32 Å². The average molecular weight is 212 g/mol. The Kier molecular flexibility index (Phi) is 5.62. The van der Waals surface area contributed by atoms with E-state index in [2.05, 4.69) is 37.9 Å². The zero-order valence-electron chi connectivity index (χ0n) is 10.9. The first-order chi connectivity index (χ1) is 7.20. The molecule has 0 saturated carbocycles. The van der Waals surface area contributed by atoms with Crippen molar-refractivity contribution in [2.75, 3.05) is 19.6 Å². The molecule has 1 N–H and O–H groups in total. The van der Waals surface area contributed by atoms with E-state index in [-0.39, 0.29) is 0 Å². The number of hydrogen-bond acceptors (Lipinski definition) is 2. The molecule has 90 valence electrons. The van der Waals surface area contributed by atoms with Crippen LogP contribution in [0.25, 0.3) is 0 Å². The molecule has 1 heterocycles. The number of nitrogens with one attached hydrogen (secondary N) is 1. The molecule has 1 fully saturated rings. The minimum atomic E-state index is 0.736. The molecule has 1 saturated heterocycles. The van der Waals surface area contributed by atoms with Crippen LogP contribution in [0.3, 0.4) is 0 Å². The summed E-state index contributed by atoms with van der Waals surface area (Å²) in [6, 6.07) is 1.52. The molecule has 0 radical (unpaired) electrons. The Morgan fingerprint density at radius 2 is 2.07 bits per heavy atom. The summed E-state index contributed by atoms with van der Waals surface area (Å²) < 4.78 is 0. The molecule has 3 atom stereocenters. The van der Waals surface area contributed by atoms with Crippen molar-refractivity contribution in [2.45, 2.75) is 59.0 Å². The Labute approximate surface area is 95.4 Å². The smallest absolute Gasteiger partial charge is 0.0235 e. The summed E-state index contributed by atoms with van der Waals surface area (Å²) in [7, 11) is 0. The molecule has 3 unspecified atom stereocenters. The van der Waals surface area contributed by atoms with Crippen molar-refractivity contribution in [3.63, 3.8) is 0 Å². The van der Waals surface area contributed by atoms with Gasteiger partial charge in [-0.15, -0.1) is 0 Å². The zero-order valence-corrected chi connectivity index (χ0v) is 10.9. The van der Waals surface area contributed by atoms with Gasteiger partial charge in [0.25, 0.3) is 0 Å². The van der Waals surface area contributed by atoms with Gasteiger partial charge in [0.05, 0.1) is 0 Å². The van der Waals surface area contributed by atoms with Crippen LogP contribution in [0.1, 0.15) is 47.0 Å². The van der Waals surface area contributed by atoms with E-state index in [4.69, 9.17) is 0 Å². The molecule has 0 aliphatic carbocycles.